The fourth-order valence-electron chi connectivity index (χ4n) is 3.93. The number of carbonyl (C=O) groups is 1. The Balaban J connectivity index is 1.90. The Morgan fingerprint density at radius 2 is 1.79 bits per heavy atom. The number of hydrogen-bond donors (Lipinski definition) is 0. The summed E-state index contributed by atoms with van der Waals surface area (Å²) in [7, 11) is 1.76. The van der Waals surface area contributed by atoms with E-state index in [2.05, 4.69) is 26.0 Å². The number of ketones is 1. The van der Waals surface area contributed by atoms with Crippen molar-refractivity contribution in [3.63, 3.8) is 0 Å². The summed E-state index contributed by atoms with van der Waals surface area (Å²) in [5.74, 6) is 2.42. The second-order valence-electron chi connectivity index (χ2n) is 6.58. The Labute approximate surface area is 117 Å². The molecule has 1 fully saturated rings. The van der Waals surface area contributed by atoms with Crippen molar-refractivity contribution >= 4 is 5.78 Å². The first-order valence-electron chi connectivity index (χ1n) is 7.85. The van der Waals surface area contributed by atoms with Crippen LogP contribution in [0.15, 0.2) is 12.2 Å². The molecule has 2 heteroatoms. The largest absolute Gasteiger partial charge is 0.377 e. The fraction of sp³-hybridized carbons (Fsp3) is 0.824. The minimum Gasteiger partial charge on any atom is -0.377 e. The molecule has 2 rings (SSSR count). The molecule has 4 atom stereocenters. The van der Waals surface area contributed by atoms with Crippen LogP contribution in [0.2, 0.25) is 0 Å². The van der Waals surface area contributed by atoms with Gasteiger partial charge in [0.25, 0.3) is 0 Å². The van der Waals surface area contributed by atoms with Gasteiger partial charge in [-0.2, -0.15) is 0 Å². The Hall–Kier alpha value is -0.630. The fourth-order valence-corrected chi connectivity index (χ4v) is 3.93. The summed E-state index contributed by atoms with van der Waals surface area (Å²) in [6.45, 7) is 4.52. The van der Waals surface area contributed by atoms with E-state index in [1.165, 1.54) is 19.3 Å². The third-order valence-corrected chi connectivity index (χ3v) is 5.10. The predicted molar refractivity (Wildman–Crippen MR) is 78.0 cm³/mol. The number of Topliss-reactive ketones (excluding diaryl/α,β-unsaturated/α-hetero) is 1. The molecule has 19 heavy (non-hydrogen) atoms. The third-order valence-electron chi connectivity index (χ3n) is 5.10. The maximum absolute atomic E-state index is 12.6. The van der Waals surface area contributed by atoms with Gasteiger partial charge in [0, 0.05) is 19.4 Å². The average Bonchev–Trinajstić information content (AvgIpc) is 2.39. The molecular formula is C17H28O2. The monoisotopic (exact) mass is 264 g/mol. The second kappa shape index (κ2) is 6.69. The van der Waals surface area contributed by atoms with Gasteiger partial charge in [0.1, 0.15) is 5.78 Å². The van der Waals surface area contributed by atoms with Crippen LogP contribution in [0.5, 0.6) is 0 Å². The van der Waals surface area contributed by atoms with Crippen LogP contribution >= 0.6 is 0 Å². The second-order valence-corrected chi connectivity index (χ2v) is 6.58. The lowest BCUT2D eigenvalue weighted by Gasteiger charge is -2.34. The van der Waals surface area contributed by atoms with Gasteiger partial charge in [-0.05, 0) is 30.6 Å². The molecule has 0 N–H and O–H groups in total. The number of rotatable bonds is 4. The summed E-state index contributed by atoms with van der Waals surface area (Å²) in [5.41, 5.74) is 0. The lowest BCUT2D eigenvalue weighted by Crippen LogP contribution is -2.33. The number of carbonyl (C=O) groups excluding carboxylic acids is 1. The first-order valence-corrected chi connectivity index (χ1v) is 7.85. The van der Waals surface area contributed by atoms with Crippen LogP contribution in [0.1, 0.15) is 52.4 Å². The highest BCUT2D eigenvalue weighted by atomic mass is 16.5. The molecule has 0 saturated heterocycles. The lowest BCUT2D eigenvalue weighted by molar-refractivity contribution is -0.128. The smallest absolute Gasteiger partial charge is 0.137 e. The molecular weight excluding hydrogens is 236 g/mol. The van der Waals surface area contributed by atoms with Crippen LogP contribution in [0.4, 0.5) is 0 Å². The Bertz CT molecular complexity index is 324. The van der Waals surface area contributed by atoms with Gasteiger partial charge in [-0.3, -0.25) is 4.79 Å². The molecule has 0 radical (unpaired) electrons. The highest BCUT2D eigenvalue weighted by Gasteiger charge is 2.34. The number of allylic oxidation sites excluding steroid dienone is 1. The maximum Gasteiger partial charge on any atom is 0.137 e. The number of methoxy groups -OCH3 is 1. The van der Waals surface area contributed by atoms with Crippen LogP contribution in [0.3, 0.4) is 0 Å². The maximum atomic E-state index is 12.6. The summed E-state index contributed by atoms with van der Waals surface area (Å²) in [6, 6.07) is 0. The van der Waals surface area contributed by atoms with Gasteiger partial charge in [-0.1, -0.05) is 45.3 Å². The molecule has 0 aromatic carbocycles. The predicted octanol–water partition coefficient (Wildman–Crippen LogP) is 4.00. The summed E-state index contributed by atoms with van der Waals surface area (Å²) in [4.78, 5) is 12.6. The standard InChI is InChI=1S/C17H28O2/c1-12-5-4-6-13(2)17(12)16(18)11-14-7-9-15(19-3)10-8-14/h7,9,12-15,17H,4-6,8,10-11H2,1-3H3. The van der Waals surface area contributed by atoms with Crippen molar-refractivity contribution in [1.29, 1.82) is 0 Å². The van der Waals surface area contributed by atoms with E-state index in [0.29, 0.717) is 29.5 Å². The molecule has 4 unspecified atom stereocenters. The molecule has 0 aromatic heterocycles. The zero-order valence-electron chi connectivity index (χ0n) is 12.6. The van der Waals surface area contributed by atoms with Crippen molar-refractivity contribution in [3.05, 3.63) is 12.2 Å². The van der Waals surface area contributed by atoms with Crippen LogP contribution in [-0.2, 0) is 9.53 Å². The topological polar surface area (TPSA) is 26.3 Å². The molecule has 0 bridgehead atoms. The van der Waals surface area contributed by atoms with Gasteiger partial charge in [0.05, 0.1) is 6.10 Å². The molecule has 1 saturated carbocycles. The summed E-state index contributed by atoms with van der Waals surface area (Å²) >= 11 is 0. The van der Waals surface area contributed by atoms with E-state index in [-0.39, 0.29) is 6.10 Å². The quantitative estimate of drug-likeness (QED) is 0.717. The number of ether oxygens (including phenoxy) is 1. The Morgan fingerprint density at radius 1 is 1.11 bits per heavy atom. The van der Waals surface area contributed by atoms with Crippen molar-refractivity contribution in [1.82, 2.24) is 0 Å². The minimum absolute atomic E-state index is 0.263. The number of hydrogen-bond acceptors (Lipinski definition) is 2. The molecule has 0 aliphatic heterocycles. The first kappa shape index (κ1) is 14.8. The van der Waals surface area contributed by atoms with Crippen molar-refractivity contribution < 1.29 is 9.53 Å². The highest BCUT2D eigenvalue weighted by Crippen LogP contribution is 2.37. The van der Waals surface area contributed by atoms with Gasteiger partial charge in [-0.25, -0.2) is 0 Å². The van der Waals surface area contributed by atoms with E-state index in [9.17, 15) is 4.79 Å². The molecule has 2 aliphatic carbocycles. The van der Waals surface area contributed by atoms with Gasteiger partial charge in [-0.15, -0.1) is 0 Å². The molecule has 2 aliphatic rings. The first-order chi connectivity index (χ1) is 9.11. The van der Waals surface area contributed by atoms with Crippen molar-refractivity contribution in [3.8, 4) is 0 Å². The Kier molecular flexibility index (Phi) is 5.20. The van der Waals surface area contributed by atoms with Gasteiger partial charge < -0.3 is 4.74 Å². The van der Waals surface area contributed by atoms with Gasteiger partial charge in [0.15, 0.2) is 0 Å². The summed E-state index contributed by atoms with van der Waals surface area (Å²) < 4.78 is 5.32. The van der Waals surface area contributed by atoms with E-state index in [1.807, 2.05) is 0 Å². The van der Waals surface area contributed by atoms with Crippen LogP contribution < -0.4 is 0 Å². The zero-order valence-corrected chi connectivity index (χ0v) is 12.6. The van der Waals surface area contributed by atoms with E-state index < -0.39 is 0 Å². The lowest BCUT2D eigenvalue weighted by atomic mass is 9.70. The molecule has 0 aromatic rings. The van der Waals surface area contributed by atoms with Crippen molar-refractivity contribution in [2.75, 3.05) is 7.11 Å². The molecule has 0 spiro atoms. The van der Waals surface area contributed by atoms with Crippen molar-refractivity contribution in [2.24, 2.45) is 23.7 Å². The van der Waals surface area contributed by atoms with E-state index in [1.54, 1.807) is 7.11 Å². The zero-order chi connectivity index (χ0) is 13.8. The molecule has 0 amide bonds. The average molecular weight is 264 g/mol. The molecule has 108 valence electrons. The van der Waals surface area contributed by atoms with Crippen molar-refractivity contribution in [2.45, 2.75) is 58.5 Å². The van der Waals surface area contributed by atoms with E-state index in [4.69, 9.17) is 4.74 Å². The third kappa shape index (κ3) is 3.68. The van der Waals surface area contributed by atoms with Crippen LogP contribution in [0.25, 0.3) is 0 Å². The summed E-state index contributed by atoms with van der Waals surface area (Å²) in [5, 5.41) is 0. The van der Waals surface area contributed by atoms with E-state index >= 15 is 0 Å². The molecule has 2 nitrogen and oxygen atoms in total. The highest BCUT2D eigenvalue weighted by molar-refractivity contribution is 5.82. The van der Waals surface area contributed by atoms with Crippen LogP contribution in [0, 0.1) is 23.7 Å². The Morgan fingerprint density at radius 3 is 2.32 bits per heavy atom. The normalized spacial score (nSPS) is 39.2. The van der Waals surface area contributed by atoms with Gasteiger partial charge >= 0.3 is 0 Å². The molecule has 0 heterocycles. The SMILES string of the molecule is COC1C=CC(CC(=O)C2C(C)CCCC2C)CC1. The van der Waals surface area contributed by atoms with E-state index in [0.717, 1.165) is 19.3 Å². The van der Waals surface area contributed by atoms with Gasteiger partial charge in [0.2, 0.25) is 0 Å². The summed E-state index contributed by atoms with van der Waals surface area (Å²) in [6.07, 6.45) is 11.2. The minimum atomic E-state index is 0.263. The van der Waals surface area contributed by atoms with Crippen LogP contribution in [-0.4, -0.2) is 19.0 Å².